The number of rotatable bonds is 10. The molecule has 35 heavy (non-hydrogen) atoms. The molecule has 0 spiro atoms. The Morgan fingerprint density at radius 2 is 1.66 bits per heavy atom. The number of nitrogens with one attached hydrogen (secondary N) is 1. The highest BCUT2D eigenvalue weighted by molar-refractivity contribution is 5.88. The summed E-state index contributed by atoms with van der Waals surface area (Å²) < 4.78 is 24.2. The van der Waals surface area contributed by atoms with E-state index in [0.717, 1.165) is 16.7 Å². The fourth-order valence-corrected chi connectivity index (χ4v) is 4.06. The molecular formula is C28H29FN2O4. The number of hydrogen-bond donors (Lipinski definition) is 1. The van der Waals surface area contributed by atoms with E-state index < -0.39 is 6.04 Å². The van der Waals surface area contributed by atoms with Crippen LogP contribution in [0.4, 0.5) is 4.39 Å². The van der Waals surface area contributed by atoms with Gasteiger partial charge in [0.05, 0.1) is 0 Å². The van der Waals surface area contributed by atoms with E-state index in [4.69, 9.17) is 9.47 Å². The van der Waals surface area contributed by atoms with E-state index in [1.54, 1.807) is 17.0 Å². The normalized spacial score (nSPS) is 12.7. The second-order valence-electron chi connectivity index (χ2n) is 8.51. The maximum atomic E-state index is 13.5. The number of halogens is 1. The third-order valence-electron chi connectivity index (χ3n) is 5.90. The molecule has 0 aromatic heterocycles. The Bertz CT molecular complexity index is 1150. The van der Waals surface area contributed by atoms with E-state index in [9.17, 15) is 14.0 Å². The van der Waals surface area contributed by atoms with Crippen molar-refractivity contribution in [1.82, 2.24) is 10.2 Å². The summed E-state index contributed by atoms with van der Waals surface area (Å²) in [4.78, 5) is 28.3. The molecule has 1 atom stereocenters. The van der Waals surface area contributed by atoms with E-state index in [0.29, 0.717) is 30.8 Å². The van der Waals surface area contributed by atoms with Gasteiger partial charge in [-0.15, -0.1) is 0 Å². The molecule has 1 heterocycles. The molecule has 0 saturated heterocycles. The van der Waals surface area contributed by atoms with Crippen LogP contribution in [0.3, 0.4) is 0 Å². The van der Waals surface area contributed by atoms with Crippen molar-refractivity contribution in [1.29, 1.82) is 0 Å². The summed E-state index contributed by atoms with van der Waals surface area (Å²) in [5.41, 5.74) is 2.58. The number of nitrogens with zero attached hydrogens (tertiary/aromatic N) is 1. The number of ether oxygens (including phenoxy) is 2. The van der Waals surface area contributed by atoms with Crippen molar-refractivity contribution < 1.29 is 23.5 Å². The lowest BCUT2D eigenvalue weighted by Crippen LogP contribution is -2.50. The maximum absolute atomic E-state index is 13.5. The predicted molar refractivity (Wildman–Crippen MR) is 130 cm³/mol. The molecule has 3 aromatic rings. The van der Waals surface area contributed by atoms with Gasteiger partial charge in [0.2, 0.25) is 18.6 Å². The van der Waals surface area contributed by atoms with Gasteiger partial charge >= 0.3 is 0 Å². The van der Waals surface area contributed by atoms with Crippen LogP contribution in [0.15, 0.2) is 72.8 Å². The van der Waals surface area contributed by atoms with Crippen molar-refractivity contribution >= 4 is 11.8 Å². The van der Waals surface area contributed by atoms with Gasteiger partial charge in [0, 0.05) is 25.9 Å². The third kappa shape index (κ3) is 6.38. The molecule has 7 heteroatoms. The molecule has 2 amide bonds. The van der Waals surface area contributed by atoms with Gasteiger partial charge in [0.25, 0.3) is 0 Å². The van der Waals surface area contributed by atoms with Gasteiger partial charge in [-0.3, -0.25) is 9.59 Å². The standard InChI is InChI=1S/C28H29FN2O4/c1-2-6-27(32)31(18-21-9-12-23(29)13-10-21)24(15-20-7-4-3-5-8-20)28(33)30-17-22-11-14-25-26(16-22)35-19-34-25/h3-5,7-14,16,24H,2,6,15,17-19H2,1H3,(H,30,33). The Labute approximate surface area is 204 Å². The number of benzene rings is 3. The molecule has 1 N–H and O–H groups in total. The number of carbonyl (C=O) groups is 2. The van der Waals surface area contributed by atoms with Crippen molar-refractivity contribution in [3.63, 3.8) is 0 Å². The minimum Gasteiger partial charge on any atom is -0.454 e. The number of hydrogen-bond acceptors (Lipinski definition) is 4. The average molecular weight is 477 g/mol. The summed E-state index contributed by atoms with van der Waals surface area (Å²) in [6, 6.07) is 20.4. The molecule has 0 radical (unpaired) electrons. The summed E-state index contributed by atoms with van der Waals surface area (Å²) in [7, 11) is 0. The molecule has 1 aliphatic heterocycles. The van der Waals surface area contributed by atoms with Gasteiger partial charge in [-0.05, 0) is 47.4 Å². The number of fused-ring (bicyclic) bond motifs is 1. The van der Waals surface area contributed by atoms with Crippen molar-refractivity contribution in [2.45, 2.75) is 45.3 Å². The topological polar surface area (TPSA) is 67.9 Å². The highest BCUT2D eigenvalue weighted by Crippen LogP contribution is 2.32. The molecule has 0 aliphatic carbocycles. The molecule has 0 saturated carbocycles. The van der Waals surface area contributed by atoms with Crippen LogP contribution in [0.1, 0.15) is 36.5 Å². The van der Waals surface area contributed by atoms with Crippen LogP contribution in [-0.2, 0) is 29.1 Å². The average Bonchev–Trinajstić information content (AvgIpc) is 3.34. The molecule has 4 rings (SSSR count). The summed E-state index contributed by atoms with van der Waals surface area (Å²) in [5, 5.41) is 2.99. The van der Waals surface area contributed by atoms with Gasteiger partial charge in [-0.25, -0.2) is 4.39 Å². The monoisotopic (exact) mass is 476 g/mol. The molecule has 182 valence electrons. The van der Waals surface area contributed by atoms with Crippen LogP contribution in [0, 0.1) is 5.82 Å². The Morgan fingerprint density at radius 3 is 2.40 bits per heavy atom. The Kier molecular flexibility index (Phi) is 7.98. The SMILES string of the molecule is CCCC(=O)N(Cc1ccc(F)cc1)C(Cc1ccccc1)C(=O)NCc1ccc2c(c1)OCO2. The molecule has 6 nitrogen and oxygen atoms in total. The smallest absolute Gasteiger partial charge is 0.243 e. The van der Waals surface area contributed by atoms with E-state index in [1.165, 1.54) is 12.1 Å². The first-order chi connectivity index (χ1) is 17.0. The first-order valence-electron chi connectivity index (χ1n) is 11.8. The van der Waals surface area contributed by atoms with E-state index in [1.807, 2.05) is 55.5 Å². The molecule has 1 unspecified atom stereocenters. The zero-order valence-electron chi connectivity index (χ0n) is 19.7. The van der Waals surface area contributed by atoms with Crippen LogP contribution in [0.2, 0.25) is 0 Å². The van der Waals surface area contributed by atoms with E-state index in [-0.39, 0.29) is 37.5 Å². The van der Waals surface area contributed by atoms with E-state index in [2.05, 4.69) is 5.32 Å². The Hall–Kier alpha value is -3.87. The van der Waals surface area contributed by atoms with Crippen LogP contribution in [0.25, 0.3) is 0 Å². The second-order valence-corrected chi connectivity index (χ2v) is 8.51. The third-order valence-corrected chi connectivity index (χ3v) is 5.90. The van der Waals surface area contributed by atoms with Gasteiger partial charge in [0.15, 0.2) is 11.5 Å². The Balaban J connectivity index is 1.57. The summed E-state index contributed by atoms with van der Waals surface area (Å²) >= 11 is 0. The lowest BCUT2D eigenvalue weighted by atomic mass is 10.0. The predicted octanol–water partition coefficient (Wildman–Crippen LogP) is 4.61. The zero-order chi connectivity index (χ0) is 24.6. The van der Waals surface area contributed by atoms with Crippen molar-refractivity contribution in [2.75, 3.05) is 6.79 Å². The minimum atomic E-state index is -0.726. The van der Waals surface area contributed by atoms with Gasteiger partial charge in [-0.2, -0.15) is 0 Å². The van der Waals surface area contributed by atoms with Crippen LogP contribution in [-0.4, -0.2) is 29.5 Å². The quantitative estimate of drug-likeness (QED) is 0.464. The number of carbonyl (C=O) groups excluding carboxylic acids is 2. The first-order valence-corrected chi connectivity index (χ1v) is 11.8. The minimum absolute atomic E-state index is 0.115. The van der Waals surface area contributed by atoms with Crippen LogP contribution in [0.5, 0.6) is 11.5 Å². The highest BCUT2D eigenvalue weighted by atomic mass is 19.1. The molecule has 3 aromatic carbocycles. The summed E-state index contributed by atoms with van der Waals surface area (Å²) in [6.45, 7) is 2.61. The summed E-state index contributed by atoms with van der Waals surface area (Å²) in [6.07, 6.45) is 1.35. The van der Waals surface area contributed by atoms with Crippen molar-refractivity contribution in [3.8, 4) is 11.5 Å². The molecule has 1 aliphatic rings. The lowest BCUT2D eigenvalue weighted by Gasteiger charge is -2.31. The second kappa shape index (κ2) is 11.5. The number of amides is 2. The largest absolute Gasteiger partial charge is 0.454 e. The van der Waals surface area contributed by atoms with Crippen LogP contribution >= 0.6 is 0 Å². The van der Waals surface area contributed by atoms with Crippen molar-refractivity contribution in [2.24, 2.45) is 0 Å². The molecule has 0 fully saturated rings. The van der Waals surface area contributed by atoms with E-state index >= 15 is 0 Å². The van der Waals surface area contributed by atoms with Gasteiger partial charge < -0.3 is 19.7 Å². The van der Waals surface area contributed by atoms with Gasteiger partial charge in [-0.1, -0.05) is 55.5 Å². The van der Waals surface area contributed by atoms with Crippen LogP contribution < -0.4 is 14.8 Å². The first kappa shape index (κ1) is 24.3. The fraction of sp³-hybridized carbons (Fsp3) is 0.286. The lowest BCUT2D eigenvalue weighted by molar-refractivity contribution is -0.141. The molecule has 0 bridgehead atoms. The Morgan fingerprint density at radius 1 is 0.943 bits per heavy atom. The zero-order valence-corrected chi connectivity index (χ0v) is 19.7. The fourth-order valence-electron chi connectivity index (χ4n) is 4.06. The highest BCUT2D eigenvalue weighted by Gasteiger charge is 2.30. The maximum Gasteiger partial charge on any atom is 0.243 e. The molecular weight excluding hydrogens is 447 g/mol. The van der Waals surface area contributed by atoms with Crippen molar-refractivity contribution in [3.05, 3.63) is 95.3 Å². The summed E-state index contributed by atoms with van der Waals surface area (Å²) in [5.74, 6) is 0.614. The van der Waals surface area contributed by atoms with Gasteiger partial charge in [0.1, 0.15) is 11.9 Å².